The van der Waals surface area contributed by atoms with Crippen molar-refractivity contribution in [2.24, 2.45) is 5.41 Å². The number of carbonyl (C=O) groups is 2. The van der Waals surface area contributed by atoms with Crippen molar-refractivity contribution in [2.75, 3.05) is 6.54 Å². The second-order valence-corrected chi connectivity index (χ2v) is 6.65. The fourth-order valence-electron chi connectivity index (χ4n) is 3.00. The van der Waals surface area contributed by atoms with Gasteiger partial charge in [-0.25, -0.2) is 0 Å². The number of carboxylic acid groups (broad SMARTS) is 1. The van der Waals surface area contributed by atoms with Crippen molar-refractivity contribution in [3.63, 3.8) is 0 Å². The van der Waals surface area contributed by atoms with E-state index < -0.39 is 16.8 Å². The van der Waals surface area contributed by atoms with Crippen LogP contribution in [-0.2, 0) is 15.0 Å². The van der Waals surface area contributed by atoms with Crippen LogP contribution in [0.3, 0.4) is 0 Å². The lowest BCUT2D eigenvalue weighted by Crippen LogP contribution is -2.51. The summed E-state index contributed by atoms with van der Waals surface area (Å²) in [6.45, 7) is 0.226. The van der Waals surface area contributed by atoms with Gasteiger partial charge in [0.1, 0.15) is 0 Å². The number of nitrogens with one attached hydrogen (secondary N) is 1. The van der Waals surface area contributed by atoms with Crippen LogP contribution in [0.25, 0.3) is 0 Å². The molecular formula is C16H18ClNO3. The summed E-state index contributed by atoms with van der Waals surface area (Å²) in [6, 6.07) is 7.41. The lowest BCUT2D eigenvalue weighted by molar-refractivity contribution is -0.143. The van der Waals surface area contributed by atoms with Crippen LogP contribution in [0.15, 0.2) is 24.3 Å². The van der Waals surface area contributed by atoms with E-state index in [1.54, 1.807) is 6.07 Å². The van der Waals surface area contributed by atoms with Crippen LogP contribution in [0.4, 0.5) is 0 Å². The second-order valence-electron chi connectivity index (χ2n) is 6.21. The zero-order chi connectivity index (χ0) is 15.1. The first-order valence-corrected chi connectivity index (χ1v) is 7.64. The largest absolute Gasteiger partial charge is 0.481 e. The topological polar surface area (TPSA) is 66.4 Å². The number of halogens is 1. The van der Waals surface area contributed by atoms with Crippen molar-refractivity contribution >= 4 is 23.5 Å². The Bertz CT molecular complexity index is 591. The van der Waals surface area contributed by atoms with Crippen molar-refractivity contribution in [1.29, 1.82) is 0 Å². The van der Waals surface area contributed by atoms with Crippen molar-refractivity contribution in [2.45, 2.75) is 37.5 Å². The molecule has 0 aliphatic heterocycles. The summed E-state index contributed by atoms with van der Waals surface area (Å²) < 4.78 is 0. The molecule has 2 saturated carbocycles. The molecule has 0 aromatic heterocycles. The summed E-state index contributed by atoms with van der Waals surface area (Å²) in [5.41, 5.74) is -0.326. The number of aliphatic carboxylic acids is 1. The summed E-state index contributed by atoms with van der Waals surface area (Å²) in [5, 5.41) is 12.7. The number of carboxylic acids is 1. The molecular weight excluding hydrogens is 290 g/mol. The maximum atomic E-state index is 12.6. The molecule has 0 bridgehead atoms. The third kappa shape index (κ3) is 2.42. The predicted octanol–water partition coefficient (Wildman–Crippen LogP) is 2.74. The lowest BCUT2D eigenvalue weighted by Gasteiger charge is -2.41. The van der Waals surface area contributed by atoms with Crippen LogP contribution < -0.4 is 5.32 Å². The Morgan fingerprint density at radius 2 is 1.95 bits per heavy atom. The molecule has 2 aliphatic rings. The highest BCUT2D eigenvalue weighted by Gasteiger charge is 2.52. The number of hydrogen-bond donors (Lipinski definition) is 2. The second kappa shape index (κ2) is 5.02. The first-order valence-electron chi connectivity index (χ1n) is 7.26. The number of hydrogen-bond acceptors (Lipinski definition) is 2. The normalized spacial score (nSPS) is 21.2. The van der Waals surface area contributed by atoms with E-state index in [0.29, 0.717) is 17.9 Å². The molecule has 0 atom stereocenters. The summed E-state index contributed by atoms with van der Waals surface area (Å²) >= 11 is 6.03. The Kier molecular flexibility index (Phi) is 3.44. The monoisotopic (exact) mass is 307 g/mol. The van der Waals surface area contributed by atoms with E-state index in [4.69, 9.17) is 11.6 Å². The van der Waals surface area contributed by atoms with E-state index in [1.165, 1.54) is 0 Å². The Morgan fingerprint density at radius 3 is 2.43 bits per heavy atom. The number of rotatable bonds is 5. The highest BCUT2D eigenvalue weighted by Crippen LogP contribution is 2.47. The summed E-state index contributed by atoms with van der Waals surface area (Å²) in [5.74, 6) is -0.878. The number of benzene rings is 1. The lowest BCUT2D eigenvalue weighted by atomic mass is 9.63. The summed E-state index contributed by atoms with van der Waals surface area (Å²) in [7, 11) is 0. The predicted molar refractivity (Wildman–Crippen MR) is 79.3 cm³/mol. The first-order chi connectivity index (χ1) is 9.98. The highest BCUT2D eigenvalue weighted by atomic mass is 35.5. The van der Waals surface area contributed by atoms with Gasteiger partial charge in [-0.15, -0.1) is 0 Å². The molecule has 1 aromatic carbocycles. The van der Waals surface area contributed by atoms with Gasteiger partial charge in [-0.2, -0.15) is 0 Å². The minimum atomic E-state index is -0.812. The van der Waals surface area contributed by atoms with E-state index in [0.717, 1.165) is 24.8 Å². The molecule has 5 heteroatoms. The Hall–Kier alpha value is -1.55. The van der Waals surface area contributed by atoms with Gasteiger partial charge >= 0.3 is 5.97 Å². The van der Waals surface area contributed by atoms with E-state index in [-0.39, 0.29) is 12.5 Å². The molecule has 4 nitrogen and oxygen atoms in total. The zero-order valence-corrected chi connectivity index (χ0v) is 12.4. The van der Waals surface area contributed by atoms with E-state index in [1.807, 2.05) is 18.2 Å². The third-order valence-corrected chi connectivity index (χ3v) is 5.15. The molecule has 0 saturated heterocycles. The van der Waals surface area contributed by atoms with E-state index >= 15 is 0 Å². The Balaban J connectivity index is 1.74. The van der Waals surface area contributed by atoms with Gasteiger partial charge in [-0.05, 0) is 43.4 Å². The molecule has 2 aliphatic carbocycles. The van der Waals surface area contributed by atoms with Crippen LogP contribution in [0.1, 0.15) is 37.7 Å². The van der Waals surface area contributed by atoms with Gasteiger partial charge in [0.25, 0.3) is 0 Å². The molecule has 0 unspecified atom stereocenters. The molecule has 1 amide bonds. The molecule has 0 radical (unpaired) electrons. The SMILES string of the molecule is O=C(O)C1(CNC(=O)C2(c3cccc(Cl)c3)CCC2)CC1. The molecule has 21 heavy (non-hydrogen) atoms. The van der Waals surface area contributed by atoms with Crippen molar-refractivity contribution in [3.05, 3.63) is 34.9 Å². The fourth-order valence-corrected chi connectivity index (χ4v) is 3.19. The molecule has 0 spiro atoms. The third-order valence-electron chi connectivity index (χ3n) is 4.91. The van der Waals surface area contributed by atoms with Crippen LogP contribution in [0.5, 0.6) is 0 Å². The average Bonchev–Trinajstić information content (AvgIpc) is 3.16. The van der Waals surface area contributed by atoms with Crippen LogP contribution in [0, 0.1) is 5.41 Å². The number of amides is 1. The molecule has 1 aromatic rings. The van der Waals surface area contributed by atoms with E-state index in [9.17, 15) is 14.7 Å². The Labute approximate surface area is 128 Å². The smallest absolute Gasteiger partial charge is 0.311 e. The molecule has 112 valence electrons. The minimum absolute atomic E-state index is 0.0662. The van der Waals surface area contributed by atoms with Gasteiger partial charge in [0, 0.05) is 11.6 Å². The van der Waals surface area contributed by atoms with Crippen LogP contribution in [-0.4, -0.2) is 23.5 Å². The van der Waals surface area contributed by atoms with Gasteiger partial charge in [-0.1, -0.05) is 30.2 Å². The molecule has 0 heterocycles. The average molecular weight is 308 g/mol. The molecule has 2 fully saturated rings. The standard InChI is InChI=1S/C16H18ClNO3/c17-12-4-1-3-11(9-12)16(5-2-6-16)13(19)18-10-15(7-8-15)14(20)21/h1,3-4,9H,2,5-8,10H2,(H,18,19)(H,20,21). The van der Waals surface area contributed by atoms with E-state index in [2.05, 4.69) is 5.32 Å². The van der Waals surface area contributed by atoms with Gasteiger partial charge in [0.15, 0.2) is 0 Å². The van der Waals surface area contributed by atoms with Gasteiger partial charge in [0.05, 0.1) is 10.8 Å². The van der Waals surface area contributed by atoms with Crippen molar-refractivity contribution < 1.29 is 14.7 Å². The van der Waals surface area contributed by atoms with Crippen LogP contribution >= 0.6 is 11.6 Å². The quantitative estimate of drug-likeness (QED) is 0.879. The maximum absolute atomic E-state index is 12.6. The minimum Gasteiger partial charge on any atom is -0.481 e. The summed E-state index contributed by atoms with van der Waals surface area (Å²) in [6.07, 6.45) is 3.88. The van der Waals surface area contributed by atoms with Gasteiger partial charge in [-0.3, -0.25) is 9.59 Å². The van der Waals surface area contributed by atoms with Crippen LogP contribution in [0.2, 0.25) is 5.02 Å². The summed E-state index contributed by atoms with van der Waals surface area (Å²) in [4.78, 5) is 23.8. The van der Waals surface area contributed by atoms with Crippen molar-refractivity contribution in [1.82, 2.24) is 5.32 Å². The van der Waals surface area contributed by atoms with Crippen molar-refractivity contribution in [3.8, 4) is 0 Å². The number of carbonyl (C=O) groups excluding carboxylic acids is 1. The maximum Gasteiger partial charge on any atom is 0.311 e. The molecule has 2 N–H and O–H groups in total. The fraction of sp³-hybridized carbons (Fsp3) is 0.500. The van der Waals surface area contributed by atoms with Gasteiger partial charge in [0.2, 0.25) is 5.91 Å². The highest BCUT2D eigenvalue weighted by molar-refractivity contribution is 6.30. The Morgan fingerprint density at radius 1 is 1.24 bits per heavy atom. The first kappa shape index (κ1) is 14.4. The van der Waals surface area contributed by atoms with Gasteiger partial charge < -0.3 is 10.4 Å². The molecule has 3 rings (SSSR count). The zero-order valence-electron chi connectivity index (χ0n) is 11.7.